The standard InChI is InChI=1S/C8H12N4O4.H2O/c9-7-10-3-12(8(15)11-7)6-1-4(14)5(2-13)16-6;/h3-6,13-14H,1-2H2,(H2,9,11,15);1H2/t4-,5+,6+;/m0./s1. The number of hydrogen-bond acceptors (Lipinski definition) is 7. The van der Waals surface area contributed by atoms with Crippen molar-refractivity contribution in [2.75, 3.05) is 12.3 Å². The van der Waals surface area contributed by atoms with Gasteiger partial charge in [0.25, 0.3) is 0 Å². The van der Waals surface area contributed by atoms with Crippen LogP contribution in [0.15, 0.2) is 11.1 Å². The Bertz CT molecular complexity index is 436. The number of nitrogen functional groups attached to an aromatic ring is 1. The summed E-state index contributed by atoms with van der Waals surface area (Å²) in [6, 6.07) is 0. The van der Waals surface area contributed by atoms with Crippen molar-refractivity contribution in [2.24, 2.45) is 0 Å². The van der Waals surface area contributed by atoms with Gasteiger partial charge in [0, 0.05) is 6.42 Å². The Hall–Kier alpha value is -1.55. The van der Waals surface area contributed by atoms with Crippen molar-refractivity contribution in [2.45, 2.75) is 24.9 Å². The van der Waals surface area contributed by atoms with Gasteiger partial charge >= 0.3 is 5.69 Å². The molecule has 1 aromatic heterocycles. The molecule has 1 saturated heterocycles. The van der Waals surface area contributed by atoms with Crippen LogP contribution < -0.4 is 11.4 Å². The summed E-state index contributed by atoms with van der Waals surface area (Å²) in [4.78, 5) is 18.5. The third kappa shape index (κ3) is 2.58. The molecule has 96 valence electrons. The normalized spacial score (nSPS) is 27.8. The molecule has 3 atom stereocenters. The molecule has 2 heterocycles. The zero-order chi connectivity index (χ0) is 11.7. The van der Waals surface area contributed by atoms with E-state index in [0.29, 0.717) is 0 Å². The lowest BCUT2D eigenvalue weighted by Gasteiger charge is -2.13. The van der Waals surface area contributed by atoms with Crippen molar-refractivity contribution in [1.82, 2.24) is 14.5 Å². The average Bonchev–Trinajstić information content (AvgIpc) is 2.59. The first-order valence-electron chi connectivity index (χ1n) is 4.77. The first-order valence-corrected chi connectivity index (χ1v) is 4.77. The summed E-state index contributed by atoms with van der Waals surface area (Å²) in [6.07, 6.45) is -0.741. The molecule has 1 fully saturated rings. The van der Waals surface area contributed by atoms with Gasteiger partial charge in [-0.2, -0.15) is 4.98 Å². The quantitative estimate of drug-likeness (QED) is 0.503. The van der Waals surface area contributed by atoms with Crippen LogP contribution in [-0.4, -0.2) is 49.0 Å². The Morgan fingerprint density at radius 2 is 2.35 bits per heavy atom. The van der Waals surface area contributed by atoms with Gasteiger partial charge in [-0.25, -0.2) is 9.78 Å². The number of anilines is 1. The van der Waals surface area contributed by atoms with Gasteiger partial charge in [-0.15, -0.1) is 0 Å². The second-order valence-corrected chi connectivity index (χ2v) is 3.52. The van der Waals surface area contributed by atoms with E-state index >= 15 is 0 Å². The van der Waals surface area contributed by atoms with Crippen molar-refractivity contribution in [1.29, 1.82) is 0 Å². The van der Waals surface area contributed by atoms with Crippen molar-refractivity contribution < 1.29 is 20.4 Å². The minimum atomic E-state index is -0.806. The van der Waals surface area contributed by atoms with E-state index in [1.54, 1.807) is 0 Å². The Morgan fingerprint density at radius 1 is 1.65 bits per heavy atom. The number of rotatable bonds is 2. The van der Waals surface area contributed by atoms with Gasteiger partial charge in [0.1, 0.15) is 18.7 Å². The molecule has 0 amide bonds. The third-order valence-electron chi connectivity index (χ3n) is 2.44. The molecule has 2 rings (SSSR count). The molecular formula is C8H14N4O5. The minimum Gasteiger partial charge on any atom is -0.412 e. The van der Waals surface area contributed by atoms with Crippen LogP contribution in [0.25, 0.3) is 0 Å². The van der Waals surface area contributed by atoms with Crippen LogP contribution in [0, 0.1) is 0 Å². The van der Waals surface area contributed by atoms with Crippen LogP contribution in [0.3, 0.4) is 0 Å². The molecule has 0 saturated carbocycles. The number of nitrogens with two attached hydrogens (primary N) is 1. The molecule has 0 aromatic carbocycles. The number of hydrogen-bond donors (Lipinski definition) is 3. The van der Waals surface area contributed by atoms with E-state index in [0.717, 1.165) is 4.57 Å². The molecule has 1 aliphatic rings. The fourth-order valence-electron chi connectivity index (χ4n) is 1.60. The van der Waals surface area contributed by atoms with Crippen molar-refractivity contribution in [3.63, 3.8) is 0 Å². The summed E-state index contributed by atoms with van der Waals surface area (Å²) < 4.78 is 6.41. The maximum atomic E-state index is 11.4. The van der Waals surface area contributed by atoms with Gasteiger partial charge in [0.15, 0.2) is 0 Å². The molecule has 0 aliphatic carbocycles. The highest BCUT2D eigenvalue weighted by molar-refractivity contribution is 5.09. The lowest BCUT2D eigenvalue weighted by Crippen LogP contribution is -2.28. The number of ether oxygens (including phenoxy) is 1. The molecule has 0 radical (unpaired) electrons. The molecule has 9 nitrogen and oxygen atoms in total. The largest absolute Gasteiger partial charge is 0.412 e. The maximum absolute atomic E-state index is 11.4. The summed E-state index contributed by atoms with van der Waals surface area (Å²) in [6.45, 7) is -0.303. The summed E-state index contributed by atoms with van der Waals surface area (Å²) in [7, 11) is 0. The molecule has 1 aliphatic heterocycles. The first-order chi connectivity index (χ1) is 7.61. The summed E-state index contributed by atoms with van der Waals surface area (Å²) >= 11 is 0. The van der Waals surface area contributed by atoms with E-state index in [-0.39, 0.29) is 24.5 Å². The molecule has 6 N–H and O–H groups in total. The number of aliphatic hydroxyl groups excluding tert-OH is 2. The average molecular weight is 246 g/mol. The molecule has 9 heteroatoms. The first kappa shape index (κ1) is 13.5. The van der Waals surface area contributed by atoms with Crippen LogP contribution in [-0.2, 0) is 4.74 Å². The van der Waals surface area contributed by atoms with E-state index in [1.807, 2.05) is 0 Å². The zero-order valence-electron chi connectivity index (χ0n) is 8.85. The van der Waals surface area contributed by atoms with Crippen molar-refractivity contribution in [3.8, 4) is 0 Å². The Balaban J connectivity index is 0.00000144. The van der Waals surface area contributed by atoms with Gasteiger partial charge in [-0.3, -0.25) is 4.57 Å². The van der Waals surface area contributed by atoms with Gasteiger partial charge in [-0.05, 0) is 0 Å². The molecule has 0 spiro atoms. The van der Waals surface area contributed by atoms with Gasteiger partial charge in [-0.1, -0.05) is 0 Å². The van der Waals surface area contributed by atoms with Crippen LogP contribution >= 0.6 is 0 Å². The molecule has 0 unspecified atom stereocenters. The van der Waals surface area contributed by atoms with E-state index in [1.165, 1.54) is 6.33 Å². The smallest absolute Gasteiger partial charge is 0.354 e. The van der Waals surface area contributed by atoms with Crippen LogP contribution in [0.2, 0.25) is 0 Å². The molecule has 17 heavy (non-hydrogen) atoms. The Morgan fingerprint density at radius 3 is 2.88 bits per heavy atom. The van der Waals surface area contributed by atoms with Crippen LogP contribution in [0.1, 0.15) is 12.6 Å². The van der Waals surface area contributed by atoms with E-state index in [2.05, 4.69) is 9.97 Å². The topological polar surface area (TPSA) is 155 Å². The predicted molar refractivity (Wildman–Crippen MR) is 55.9 cm³/mol. The van der Waals surface area contributed by atoms with E-state index in [4.69, 9.17) is 15.6 Å². The fourth-order valence-corrected chi connectivity index (χ4v) is 1.60. The predicted octanol–water partition coefficient (Wildman–Crippen LogP) is -2.96. The lowest BCUT2D eigenvalue weighted by atomic mass is 10.2. The van der Waals surface area contributed by atoms with Crippen molar-refractivity contribution in [3.05, 3.63) is 16.8 Å². The van der Waals surface area contributed by atoms with Crippen LogP contribution in [0.5, 0.6) is 0 Å². The maximum Gasteiger partial charge on any atom is 0.354 e. The molecule has 1 aromatic rings. The number of nitrogens with zero attached hydrogens (tertiary/aromatic N) is 3. The third-order valence-corrected chi connectivity index (χ3v) is 2.44. The fraction of sp³-hybridized carbons (Fsp3) is 0.625. The molecular weight excluding hydrogens is 232 g/mol. The minimum absolute atomic E-state index is 0. The van der Waals surface area contributed by atoms with Gasteiger partial charge in [0.05, 0.1) is 12.7 Å². The van der Waals surface area contributed by atoms with Gasteiger partial charge in [0.2, 0.25) is 5.95 Å². The number of aromatic nitrogens is 3. The number of aliphatic hydroxyl groups is 2. The second-order valence-electron chi connectivity index (χ2n) is 3.52. The summed E-state index contributed by atoms with van der Waals surface area (Å²) in [5.74, 6) is -0.112. The highest BCUT2D eigenvalue weighted by Crippen LogP contribution is 2.26. The highest BCUT2D eigenvalue weighted by Gasteiger charge is 2.35. The molecule has 0 bridgehead atoms. The monoisotopic (exact) mass is 246 g/mol. The Kier molecular flexibility index (Phi) is 4.12. The van der Waals surface area contributed by atoms with Crippen molar-refractivity contribution >= 4 is 5.95 Å². The lowest BCUT2D eigenvalue weighted by molar-refractivity contribution is -0.0462. The summed E-state index contributed by atoms with van der Waals surface area (Å²) in [5, 5.41) is 18.4. The van der Waals surface area contributed by atoms with Crippen LogP contribution in [0.4, 0.5) is 5.95 Å². The summed E-state index contributed by atoms with van der Waals surface area (Å²) in [5.41, 5.74) is 4.65. The SMILES string of the molecule is Nc1ncn([C@H]2C[C@H](O)[C@@H](CO)O2)c(=O)n1.O. The zero-order valence-corrected chi connectivity index (χ0v) is 8.85. The highest BCUT2D eigenvalue weighted by atomic mass is 16.5. The Labute approximate surface area is 95.8 Å². The van der Waals surface area contributed by atoms with E-state index < -0.39 is 24.1 Å². The van der Waals surface area contributed by atoms with E-state index in [9.17, 15) is 9.90 Å². The van der Waals surface area contributed by atoms with Gasteiger partial charge < -0.3 is 26.2 Å². The second kappa shape index (κ2) is 5.19.